The highest BCUT2D eigenvalue weighted by molar-refractivity contribution is 6.30. The molecule has 1 N–H and O–H groups in total. The van der Waals surface area contributed by atoms with Gasteiger partial charge in [0.2, 0.25) is 0 Å². The number of hydrogen-bond donors (Lipinski definition) is 1. The van der Waals surface area contributed by atoms with Gasteiger partial charge in [-0.3, -0.25) is 0 Å². The molecule has 80 valence electrons. The van der Waals surface area contributed by atoms with E-state index in [-0.39, 0.29) is 17.4 Å². The second-order valence-electron chi connectivity index (χ2n) is 3.20. The zero-order valence-corrected chi connectivity index (χ0v) is 8.92. The van der Waals surface area contributed by atoms with Gasteiger partial charge in [0.1, 0.15) is 11.6 Å². The van der Waals surface area contributed by atoms with Gasteiger partial charge in [0.15, 0.2) is 5.15 Å². The van der Waals surface area contributed by atoms with Crippen LogP contribution in [0, 0.1) is 17.1 Å². The minimum atomic E-state index is -0.307. The molecule has 0 fully saturated rings. The van der Waals surface area contributed by atoms with Crippen molar-refractivity contribution in [1.82, 2.24) is 9.97 Å². The molecule has 0 aliphatic carbocycles. The first kappa shape index (κ1) is 10.7. The fourth-order valence-electron chi connectivity index (χ4n) is 1.33. The Hall–Kier alpha value is -1.86. The molecule has 0 radical (unpaired) electrons. The molecule has 16 heavy (non-hydrogen) atoms. The largest absolute Gasteiger partial charge is 0.340 e. The molecule has 2 rings (SSSR count). The van der Waals surface area contributed by atoms with Gasteiger partial charge >= 0.3 is 0 Å². The van der Waals surface area contributed by atoms with Gasteiger partial charge in [0.25, 0.3) is 0 Å². The van der Waals surface area contributed by atoms with E-state index in [0.29, 0.717) is 11.5 Å². The first-order chi connectivity index (χ1) is 7.70. The van der Waals surface area contributed by atoms with Crippen LogP contribution in [0.1, 0.15) is 5.69 Å². The van der Waals surface area contributed by atoms with Crippen LogP contribution in [-0.4, -0.2) is 9.97 Å². The van der Waals surface area contributed by atoms with Gasteiger partial charge in [-0.15, -0.1) is 0 Å². The Morgan fingerprint density at radius 2 is 2.06 bits per heavy atom. The Kier molecular flexibility index (Phi) is 2.88. The standard InChI is InChI=1S/C11H7ClFN3/c12-10-9(5-6-14)15-11(16-10)7-1-3-8(13)4-2-7/h1-4H,5H2,(H,15,16). The summed E-state index contributed by atoms with van der Waals surface area (Å²) >= 11 is 5.84. The number of aromatic amines is 1. The number of nitriles is 1. The molecular formula is C11H7ClFN3. The van der Waals surface area contributed by atoms with Crippen LogP contribution in [0.15, 0.2) is 24.3 Å². The SMILES string of the molecule is N#CCc1[nH]c(-c2ccc(F)cc2)nc1Cl. The molecule has 1 heterocycles. The monoisotopic (exact) mass is 235 g/mol. The van der Waals surface area contributed by atoms with Crippen molar-refractivity contribution in [2.75, 3.05) is 0 Å². The third-order valence-electron chi connectivity index (χ3n) is 2.10. The van der Waals surface area contributed by atoms with Gasteiger partial charge in [-0.1, -0.05) is 11.6 Å². The topological polar surface area (TPSA) is 52.5 Å². The number of nitrogens with one attached hydrogen (secondary N) is 1. The number of rotatable bonds is 2. The van der Waals surface area contributed by atoms with Crippen LogP contribution in [0.2, 0.25) is 5.15 Å². The van der Waals surface area contributed by atoms with Crippen molar-refractivity contribution in [2.45, 2.75) is 6.42 Å². The van der Waals surface area contributed by atoms with Crippen LogP contribution in [0.5, 0.6) is 0 Å². The lowest BCUT2D eigenvalue weighted by molar-refractivity contribution is 0.628. The lowest BCUT2D eigenvalue weighted by Crippen LogP contribution is -1.83. The zero-order chi connectivity index (χ0) is 11.5. The van der Waals surface area contributed by atoms with Crippen molar-refractivity contribution in [2.24, 2.45) is 0 Å². The van der Waals surface area contributed by atoms with Crippen molar-refractivity contribution in [3.8, 4) is 17.5 Å². The summed E-state index contributed by atoms with van der Waals surface area (Å²) in [5, 5.41) is 8.83. The number of benzene rings is 1. The molecule has 0 bridgehead atoms. The van der Waals surface area contributed by atoms with Crippen molar-refractivity contribution in [3.05, 3.63) is 40.9 Å². The molecule has 3 nitrogen and oxygen atoms in total. The van der Waals surface area contributed by atoms with E-state index in [9.17, 15) is 4.39 Å². The van der Waals surface area contributed by atoms with Crippen LogP contribution < -0.4 is 0 Å². The minimum absolute atomic E-state index is 0.174. The number of hydrogen-bond acceptors (Lipinski definition) is 2. The predicted molar refractivity (Wildman–Crippen MR) is 58.3 cm³/mol. The summed E-state index contributed by atoms with van der Waals surface area (Å²) in [5.74, 6) is 0.230. The van der Waals surface area contributed by atoms with Gasteiger partial charge in [0.05, 0.1) is 18.2 Å². The van der Waals surface area contributed by atoms with Crippen molar-refractivity contribution in [1.29, 1.82) is 5.26 Å². The fraction of sp³-hybridized carbons (Fsp3) is 0.0909. The van der Waals surface area contributed by atoms with E-state index in [1.54, 1.807) is 12.1 Å². The van der Waals surface area contributed by atoms with Crippen LogP contribution in [0.4, 0.5) is 4.39 Å². The molecule has 0 saturated heterocycles. The Bertz CT molecular complexity index is 539. The van der Waals surface area contributed by atoms with E-state index >= 15 is 0 Å². The van der Waals surface area contributed by atoms with Crippen LogP contribution in [0.25, 0.3) is 11.4 Å². The van der Waals surface area contributed by atoms with Crippen LogP contribution in [-0.2, 0) is 6.42 Å². The smallest absolute Gasteiger partial charge is 0.151 e. The normalized spacial score (nSPS) is 10.1. The van der Waals surface area contributed by atoms with Crippen LogP contribution in [0.3, 0.4) is 0 Å². The van der Waals surface area contributed by atoms with Gasteiger partial charge in [-0.05, 0) is 24.3 Å². The molecule has 0 atom stereocenters. The molecule has 0 aliphatic heterocycles. The molecule has 0 aliphatic rings. The Balaban J connectivity index is 2.38. The zero-order valence-electron chi connectivity index (χ0n) is 8.17. The molecule has 1 aromatic carbocycles. The van der Waals surface area contributed by atoms with Gasteiger partial charge in [0, 0.05) is 5.56 Å². The first-order valence-electron chi connectivity index (χ1n) is 4.58. The van der Waals surface area contributed by atoms with Crippen molar-refractivity contribution < 1.29 is 4.39 Å². The quantitative estimate of drug-likeness (QED) is 0.870. The number of aromatic nitrogens is 2. The summed E-state index contributed by atoms with van der Waals surface area (Å²) in [6, 6.07) is 7.86. The molecule has 1 aromatic heterocycles. The summed E-state index contributed by atoms with van der Waals surface area (Å²) in [6.45, 7) is 0. The maximum atomic E-state index is 12.7. The van der Waals surface area contributed by atoms with Gasteiger partial charge < -0.3 is 4.98 Å². The maximum Gasteiger partial charge on any atom is 0.151 e. The van der Waals surface area contributed by atoms with E-state index in [1.165, 1.54) is 12.1 Å². The summed E-state index contributed by atoms with van der Waals surface area (Å²) in [7, 11) is 0. The van der Waals surface area contributed by atoms with E-state index in [4.69, 9.17) is 16.9 Å². The van der Waals surface area contributed by atoms with Crippen molar-refractivity contribution in [3.63, 3.8) is 0 Å². The molecular weight excluding hydrogens is 229 g/mol. The average molecular weight is 236 g/mol. The second kappa shape index (κ2) is 4.33. The Morgan fingerprint density at radius 1 is 1.38 bits per heavy atom. The Labute approximate surface area is 96.5 Å². The maximum absolute atomic E-state index is 12.7. The average Bonchev–Trinajstić information content (AvgIpc) is 2.62. The molecule has 0 saturated carbocycles. The number of halogens is 2. The highest BCUT2D eigenvalue weighted by atomic mass is 35.5. The molecule has 2 aromatic rings. The minimum Gasteiger partial charge on any atom is -0.340 e. The summed E-state index contributed by atoms with van der Waals surface area (Å²) in [5.41, 5.74) is 1.30. The summed E-state index contributed by atoms with van der Waals surface area (Å²) in [6.07, 6.45) is 0.174. The molecule has 0 amide bonds. The lowest BCUT2D eigenvalue weighted by Gasteiger charge is -1.95. The third-order valence-corrected chi connectivity index (χ3v) is 2.41. The molecule has 0 spiro atoms. The van der Waals surface area contributed by atoms with E-state index in [0.717, 1.165) is 5.56 Å². The van der Waals surface area contributed by atoms with E-state index < -0.39 is 0 Å². The predicted octanol–water partition coefficient (Wildman–Crippen LogP) is 2.94. The number of imidazole rings is 1. The first-order valence-corrected chi connectivity index (χ1v) is 4.96. The highest BCUT2D eigenvalue weighted by Crippen LogP contribution is 2.21. The van der Waals surface area contributed by atoms with E-state index in [1.807, 2.05) is 6.07 Å². The molecule has 5 heteroatoms. The second-order valence-corrected chi connectivity index (χ2v) is 3.55. The third kappa shape index (κ3) is 2.05. The van der Waals surface area contributed by atoms with Gasteiger partial charge in [-0.2, -0.15) is 5.26 Å². The van der Waals surface area contributed by atoms with Gasteiger partial charge in [-0.25, -0.2) is 9.37 Å². The highest BCUT2D eigenvalue weighted by Gasteiger charge is 2.09. The van der Waals surface area contributed by atoms with Crippen molar-refractivity contribution >= 4 is 11.6 Å². The van der Waals surface area contributed by atoms with E-state index in [2.05, 4.69) is 9.97 Å². The summed E-state index contributed by atoms with van der Waals surface area (Å²) < 4.78 is 12.7. The lowest BCUT2D eigenvalue weighted by atomic mass is 10.2. The fourth-order valence-corrected chi connectivity index (χ4v) is 1.53. The molecule has 0 unspecified atom stereocenters. The number of nitrogens with zero attached hydrogens (tertiary/aromatic N) is 2. The van der Waals surface area contributed by atoms with Crippen LogP contribution >= 0.6 is 11.6 Å². The Morgan fingerprint density at radius 3 is 2.69 bits per heavy atom. The summed E-state index contributed by atoms with van der Waals surface area (Å²) in [4.78, 5) is 7.00. The number of H-pyrrole nitrogens is 1.